The number of methoxy groups -OCH3 is 1. The Hall–Kier alpha value is -2.06. The number of carbonyl (C=O) groups is 1. The van der Waals surface area contributed by atoms with Gasteiger partial charge in [-0.1, -0.05) is 0 Å². The molecule has 5 nitrogen and oxygen atoms in total. The van der Waals surface area contributed by atoms with Crippen molar-refractivity contribution in [3.05, 3.63) is 29.8 Å². The van der Waals surface area contributed by atoms with E-state index in [4.69, 9.17) is 26.3 Å². The molecule has 0 bridgehead atoms. The van der Waals surface area contributed by atoms with Crippen LogP contribution in [0.3, 0.4) is 0 Å². The Morgan fingerprint density at radius 2 is 2.15 bits per heavy atom. The maximum atomic E-state index is 11.9. The third-order valence-electron chi connectivity index (χ3n) is 3.02. The van der Waals surface area contributed by atoms with Crippen LogP contribution < -0.4 is 4.74 Å². The fourth-order valence-electron chi connectivity index (χ4n) is 1.86. The summed E-state index contributed by atoms with van der Waals surface area (Å²) < 4.78 is 10.7. The quantitative estimate of drug-likeness (QED) is 0.798. The number of benzene rings is 1. The Kier molecular flexibility index (Phi) is 3.96. The van der Waals surface area contributed by atoms with E-state index in [1.807, 2.05) is 6.07 Å². The number of hydrogen-bond acceptors (Lipinski definition) is 4. The van der Waals surface area contributed by atoms with E-state index in [-0.39, 0.29) is 12.3 Å². The zero-order valence-corrected chi connectivity index (χ0v) is 11.8. The monoisotopic (exact) mass is 292 g/mol. The summed E-state index contributed by atoms with van der Waals surface area (Å²) in [6.45, 7) is 1.59. The predicted molar refractivity (Wildman–Crippen MR) is 73.9 cm³/mol. The normalized spacial score (nSPS) is 22.7. The zero-order chi connectivity index (χ0) is 14.8. The fraction of sp³-hybridized carbons (Fsp3) is 0.357. The molecule has 6 heteroatoms. The maximum Gasteiger partial charge on any atom is 0.292 e. The topological polar surface area (TPSA) is 71.7 Å². The molecular weight excluding hydrogens is 280 g/mol. The number of amides is 1. The lowest BCUT2D eigenvalue weighted by Crippen LogP contribution is -2.36. The minimum atomic E-state index is -1.18. The summed E-state index contributed by atoms with van der Waals surface area (Å²) in [5, 5.41) is 7.94. The van der Waals surface area contributed by atoms with Crippen molar-refractivity contribution in [2.45, 2.75) is 24.3 Å². The van der Waals surface area contributed by atoms with Crippen LogP contribution in [0.2, 0.25) is 0 Å². The van der Waals surface area contributed by atoms with Gasteiger partial charge >= 0.3 is 0 Å². The molecule has 0 radical (unpaired) electrons. The number of halogens is 1. The van der Waals surface area contributed by atoms with Crippen LogP contribution in [0.5, 0.6) is 5.75 Å². The molecule has 2 atom stereocenters. The average Bonchev–Trinajstić information content (AvgIpc) is 2.74. The lowest BCUT2D eigenvalue weighted by Gasteiger charge is -2.21. The molecular formula is C14H13ClN2O3. The van der Waals surface area contributed by atoms with Crippen molar-refractivity contribution < 1.29 is 14.3 Å². The fourth-order valence-corrected chi connectivity index (χ4v) is 2.16. The molecule has 0 N–H and O–H groups in total. The van der Waals surface area contributed by atoms with Crippen molar-refractivity contribution in [2.75, 3.05) is 7.11 Å². The Balaban J connectivity index is 2.18. The van der Waals surface area contributed by atoms with Gasteiger partial charge in [0.25, 0.3) is 5.91 Å². The van der Waals surface area contributed by atoms with E-state index < -0.39 is 16.9 Å². The highest BCUT2D eigenvalue weighted by Gasteiger charge is 2.43. The number of alkyl halides is 1. The first-order chi connectivity index (χ1) is 9.48. The number of carbonyl (C=O) groups excluding carboxylic acids is 1. The largest absolute Gasteiger partial charge is 0.497 e. The van der Waals surface area contributed by atoms with Crippen LogP contribution >= 0.6 is 11.6 Å². The van der Waals surface area contributed by atoms with Crippen LogP contribution in [0.25, 0.3) is 0 Å². The highest BCUT2D eigenvalue weighted by Crippen LogP contribution is 2.29. The SMILES string of the molecule is COc1ccc(C2=NC(=O)[C@@](C)(CC(Cl)C#N)O2)cc1. The van der Waals surface area contributed by atoms with E-state index >= 15 is 0 Å². The van der Waals surface area contributed by atoms with Crippen molar-refractivity contribution in [1.29, 1.82) is 5.26 Å². The molecule has 1 aliphatic heterocycles. The van der Waals surface area contributed by atoms with Crippen LogP contribution in [-0.2, 0) is 9.53 Å². The molecule has 0 saturated carbocycles. The van der Waals surface area contributed by atoms with Gasteiger partial charge in [0.15, 0.2) is 5.60 Å². The van der Waals surface area contributed by atoms with Gasteiger partial charge in [-0.05, 0) is 31.2 Å². The predicted octanol–water partition coefficient (Wildman–Crippen LogP) is 2.28. The summed E-state index contributed by atoms with van der Waals surface area (Å²) >= 11 is 5.77. The van der Waals surface area contributed by atoms with Crippen LogP contribution in [0, 0.1) is 11.3 Å². The summed E-state index contributed by atoms with van der Waals surface area (Å²) in [4.78, 5) is 15.9. The maximum absolute atomic E-state index is 11.9. The minimum Gasteiger partial charge on any atom is -0.497 e. The lowest BCUT2D eigenvalue weighted by atomic mass is 10.00. The van der Waals surface area contributed by atoms with Gasteiger partial charge in [-0.3, -0.25) is 4.79 Å². The molecule has 1 unspecified atom stereocenters. The Morgan fingerprint density at radius 1 is 1.50 bits per heavy atom. The molecule has 104 valence electrons. The molecule has 2 rings (SSSR count). The Morgan fingerprint density at radius 3 is 2.70 bits per heavy atom. The molecule has 1 aliphatic rings. The summed E-state index contributed by atoms with van der Waals surface area (Å²) in [7, 11) is 1.57. The summed E-state index contributed by atoms with van der Waals surface area (Å²) in [6.07, 6.45) is 0.0903. The molecule has 0 aliphatic carbocycles. The van der Waals surface area contributed by atoms with Gasteiger partial charge in [0.05, 0.1) is 13.2 Å². The number of nitriles is 1. The van der Waals surface area contributed by atoms with Gasteiger partial charge in [0, 0.05) is 12.0 Å². The number of rotatable bonds is 4. The third kappa shape index (κ3) is 2.75. The van der Waals surface area contributed by atoms with E-state index in [9.17, 15) is 4.79 Å². The zero-order valence-electron chi connectivity index (χ0n) is 11.1. The summed E-state index contributed by atoms with van der Waals surface area (Å²) in [5.41, 5.74) is -0.511. The summed E-state index contributed by atoms with van der Waals surface area (Å²) in [5.74, 6) is 0.512. The van der Waals surface area contributed by atoms with Crippen molar-refractivity contribution >= 4 is 23.4 Å². The number of nitrogens with zero attached hydrogens (tertiary/aromatic N) is 2. The Labute approximate surface area is 121 Å². The van der Waals surface area contributed by atoms with Gasteiger partial charge in [0.1, 0.15) is 11.1 Å². The van der Waals surface area contributed by atoms with Crippen LogP contribution in [-0.4, -0.2) is 29.9 Å². The molecule has 1 amide bonds. The van der Waals surface area contributed by atoms with E-state index in [0.717, 1.165) is 0 Å². The number of aliphatic imine (C=N–C) groups is 1. The lowest BCUT2D eigenvalue weighted by molar-refractivity contribution is -0.129. The van der Waals surface area contributed by atoms with Crippen molar-refractivity contribution in [3.8, 4) is 11.8 Å². The smallest absolute Gasteiger partial charge is 0.292 e. The molecule has 1 aromatic rings. The van der Waals surface area contributed by atoms with E-state index in [2.05, 4.69) is 4.99 Å². The second-order valence-corrected chi connectivity index (χ2v) is 5.11. The second kappa shape index (κ2) is 5.51. The van der Waals surface area contributed by atoms with Crippen LogP contribution in [0.4, 0.5) is 0 Å². The van der Waals surface area contributed by atoms with Crippen molar-refractivity contribution in [2.24, 2.45) is 4.99 Å². The third-order valence-corrected chi connectivity index (χ3v) is 3.28. The first-order valence-electron chi connectivity index (χ1n) is 5.99. The van der Waals surface area contributed by atoms with Gasteiger partial charge in [-0.15, -0.1) is 11.6 Å². The van der Waals surface area contributed by atoms with E-state index in [1.165, 1.54) is 0 Å². The van der Waals surface area contributed by atoms with E-state index in [0.29, 0.717) is 11.3 Å². The van der Waals surface area contributed by atoms with Crippen LogP contribution in [0.15, 0.2) is 29.3 Å². The molecule has 20 heavy (non-hydrogen) atoms. The number of ether oxygens (including phenoxy) is 2. The van der Waals surface area contributed by atoms with Crippen LogP contribution in [0.1, 0.15) is 18.9 Å². The first kappa shape index (κ1) is 14.4. The minimum absolute atomic E-state index is 0.0903. The van der Waals surface area contributed by atoms with Crippen molar-refractivity contribution in [3.63, 3.8) is 0 Å². The average molecular weight is 293 g/mol. The molecule has 0 spiro atoms. The number of hydrogen-bond donors (Lipinski definition) is 0. The molecule has 0 aromatic heterocycles. The molecule has 1 aromatic carbocycles. The highest BCUT2D eigenvalue weighted by molar-refractivity contribution is 6.22. The molecule has 0 saturated heterocycles. The van der Waals surface area contributed by atoms with Gasteiger partial charge in [-0.25, -0.2) is 0 Å². The van der Waals surface area contributed by atoms with Crippen molar-refractivity contribution in [1.82, 2.24) is 0 Å². The second-order valence-electron chi connectivity index (χ2n) is 4.58. The van der Waals surface area contributed by atoms with Gasteiger partial charge < -0.3 is 9.47 Å². The van der Waals surface area contributed by atoms with Gasteiger partial charge in [-0.2, -0.15) is 10.3 Å². The molecule has 0 fully saturated rings. The highest BCUT2D eigenvalue weighted by atomic mass is 35.5. The van der Waals surface area contributed by atoms with Gasteiger partial charge in [0.2, 0.25) is 5.90 Å². The first-order valence-corrected chi connectivity index (χ1v) is 6.42. The summed E-state index contributed by atoms with van der Waals surface area (Å²) in [6, 6.07) is 8.87. The van der Waals surface area contributed by atoms with E-state index in [1.54, 1.807) is 38.3 Å². The molecule has 1 heterocycles. The standard InChI is InChI=1S/C14H13ClN2O3/c1-14(7-10(15)8-16)13(18)17-12(20-14)9-3-5-11(19-2)6-4-9/h3-6,10H,7H2,1-2H3/t10?,14-/m1/s1. The Bertz CT molecular complexity index is 591.